The molecule has 0 aromatic carbocycles. The lowest BCUT2D eigenvalue weighted by molar-refractivity contribution is -0.125. The molecule has 0 aliphatic carbocycles. The Morgan fingerprint density at radius 3 is 2.48 bits per heavy atom. The van der Waals surface area contributed by atoms with Crippen LogP contribution in [-0.4, -0.2) is 29.4 Å². The highest BCUT2D eigenvalue weighted by Crippen LogP contribution is 2.29. The zero-order chi connectivity index (χ0) is 16.2. The van der Waals surface area contributed by atoms with Crippen LogP contribution in [0.1, 0.15) is 39.5 Å². The molecule has 0 saturated carbocycles. The topological polar surface area (TPSA) is 97.1 Å². The maximum Gasteiger partial charge on any atom is 0.245 e. The van der Waals surface area contributed by atoms with Crippen molar-refractivity contribution in [2.24, 2.45) is 11.7 Å². The normalized spacial score (nSPS) is 13.1. The van der Waals surface area contributed by atoms with Crippen molar-refractivity contribution in [3.63, 3.8) is 0 Å². The Labute approximate surface area is 129 Å². The first kappa shape index (κ1) is 17.6. The van der Waals surface area contributed by atoms with Crippen molar-refractivity contribution in [3.8, 4) is 0 Å². The fourth-order valence-corrected chi connectivity index (χ4v) is 2.32. The van der Waals surface area contributed by atoms with Gasteiger partial charge >= 0.3 is 0 Å². The Kier molecular flexibility index (Phi) is 5.86. The monoisotopic (exact) mass is 312 g/mol. The Hall–Kier alpha value is -1.47. The fourth-order valence-electron chi connectivity index (χ4n) is 1.43. The predicted molar refractivity (Wildman–Crippen MR) is 85.3 cm³/mol. The first-order valence-electron chi connectivity index (χ1n) is 6.90. The maximum atomic E-state index is 11.8. The third-order valence-corrected chi connectivity index (χ3v) is 4.27. The number of carbonyl (C=O) groups excluding carboxylic acids is 2. The van der Waals surface area contributed by atoms with E-state index in [0.29, 0.717) is 5.13 Å². The van der Waals surface area contributed by atoms with Crippen molar-refractivity contribution in [1.29, 1.82) is 0 Å². The Balaban J connectivity index is 2.48. The highest BCUT2D eigenvalue weighted by Gasteiger charge is 2.19. The Bertz CT molecular complexity index is 505. The number of hydrogen-bond donors (Lipinski definition) is 3. The van der Waals surface area contributed by atoms with E-state index in [1.165, 1.54) is 11.3 Å². The standard InChI is InChI=1S/C14H24N4O2S/c1-8(2)11(15)12(20)16-7-10(19)18-13-17-6-9(21-13)14(3,4)5/h6,8,11H,7,15H2,1-5H3,(H,16,20)(H,17,18,19)/t11-/m0/s1. The van der Waals surface area contributed by atoms with Gasteiger partial charge in [0.1, 0.15) is 0 Å². The van der Waals surface area contributed by atoms with Crippen LogP contribution in [-0.2, 0) is 15.0 Å². The summed E-state index contributed by atoms with van der Waals surface area (Å²) in [6.07, 6.45) is 1.76. The van der Waals surface area contributed by atoms with E-state index in [4.69, 9.17) is 5.73 Å². The van der Waals surface area contributed by atoms with Crippen LogP contribution in [0.15, 0.2) is 6.20 Å². The molecule has 1 heterocycles. The Morgan fingerprint density at radius 2 is 2.00 bits per heavy atom. The average Bonchev–Trinajstić information content (AvgIpc) is 2.83. The molecule has 1 aromatic heterocycles. The lowest BCUT2D eigenvalue weighted by atomic mass is 9.96. The number of nitrogens with zero attached hydrogens (tertiary/aromatic N) is 1. The van der Waals surface area contributed by atoms with Crippen LogP contribution >= 0.6 is 11.3 Å². The number of amides is 2. The minimum atomic E-state index is -0.606. The third kappa shape index (κ3) is 5.43. The molecule has 118 valence electrons. The molecule has 4 N–H and O–H groups in total. The molecule has 0 radical (unpaired) electrons. The van der Waals surface area contributed by atoms with Crippen molar-refractivity contribution in [2.45, 2.75) is 46.1 Å². The summed E-state index contributed by atoms with van der Waals surface area (Å²) in [5.74, 6) is -0.606. The van der Waals surface area contributed by atoms with Gasteiger partial charge in [0.05, 0.1) is 12.6 Å². The minimum Gasteiger partial charge on any atom is -0.346 e. The zero-order valence-corrected chi connectivity index (χ0v) is 14.0. The van der Waals surface area contributed by atoms with Gasteiger partial charge in [0.15, 0.2) is 5.13 Å². The summed E-state index contributed by atoms with van der Waals surface area (Å²) in [7, 11) is 0. The summed E-state index contributed by atoms with van der Waals surface area (Å²) in [6.45, 7) is 9.85. The molecule has 0 aliphatic rings. The van der Waals surface area contributed by atoms with E-state index in [1.54, 1.807) is 6.20 Å². The number of nitrogens with two attached hydrogens (primary N) is 1. The molecule has 0 unspecified atom stereocenters. The van der Waals surface area contributed by atoms with Gasteiger partial charge in [-0.3, -0.25) is 9.59 Å². The smallest absolute Gasteiger partial charge is 0.245 e. The van der Waals surface area contributed by atoms with Gasteiger partial charge in [-0.05, 0) is 11.3 Å². The average molecular weight is 312 g/mol. The molecule has 0 saturated heterocycles. The summed E-state index contributed by atoms with van der Waals surface area (Å²) in [5, 5.41) is 5.73. The van der Waals surface area contributed by atoms with Crippen LogP contribution in [0.2, 0.25) is 0 Å². The van der Waals surface area contributed by atoms with Crippen molar-refractivity contribution in [3.05, 3.63) is 11.1 Å². The number of carbonyl (C=O) groups is 2. The van der Waals surface area contributed by atoms with E-state index in [2.05, 4.69) is 36.4 Å². The molecule has 0 fully saturated rings. The van der Waals surface area contributed by atoms with Gasteiger partial charge in [0, 0.05) is 11.1 Å². The third-order valence-electron chi connectivity index (χ3n) is 2.94. The highest BCUT2D eigenvalue weighted by atomic mass is 32.1. The molecular formula is C14H24N4O2S. The molecule has 1 aromatic rings. The van der Waals surface area contributed by atoms with Gasteiger partial charge in [-0.15, -0.1) is 11.3 Å². The molecule has 0 bridgehead atoms. The number of aromatic nitrogens is 1. The van der Waals surface area contributed by atoms with Gasteiger partial charge in [-0.2, -0.15) is 0 Å². The largest absolute Gasteiger partial charge is 0.346 e. The van der Waals surface area contributed by atoms with Gasteiger partial charge < -0.3 is 16.4 Å². The van der Waals surface area contributed by atoms with Crippen LogP contribution in [0.4, 0.5) is 5.13 Å². The van der Waals surface area contributed by atoms with Crippen LogP contribution in [0.25, 0.3) is 0 Å². The molecule has 0 aliphatic heterocycles. The van der Waals surface area contributed by atoms with Crippen molar-refractivity contribution in [1.82, 2.24) is 10.3 Å². The zero-order valence-electron chi connectivity index (χ0n) is 13.2. The Morgan fingerprint density at radius 1 is 1.38 bits per heavy atom. The minimum absolute atomic E-state index is 0.00110. The van der Waals surface area contributed by atoms with Crippen molar-refractivity contribution >= 4 is 28.3 Å². The molecule has 7 heteroatoms. The summed E-state index contributed by atoms with van der Waals surface area (Å²) in [6, 6.07) is -0.606. The number of thiazole rings is 1. The van der Waals surface area contributed by atoms with Crippen molar-refractivity contribution < 1.29 is 9.59 Å². The van der Waals surface area contributed by atoms with Gasteiger partial charge in [0.2, 0.25) is 11.8 Å². The van der Waals surface area contributed by atoms with E-state index < -0.39 is 6.04 Å². The van der Waals surface area contributed by atoms with Gasteiger partial charge in [-0.1, -0.05) is 34.6 Å². The fraction of sp³-hybridized carbons (Fsp3) is 0.643. The quantitative estimate of drug-likeness (QED) is 0.767. The second-order valence-electron chi connectivity index (χ2n) is 6.32. The summed E-state index contributed by atoms with van der Waals surface area (Å²) in [5.41, 5.74) is 5.69. The first-order chi connectivity index (χ1) is 9.61. The van der Waals surface area contributed by atoms with E-state index in [9.17, 15) is 9.59 Å². The predicted octanol–water partition coefficient (Wildman–Crippen LogP) is 1.48. The molecule has 1 rings (SSSR count). The molecule has 1 atom stereocenters. The second-order valence-corrected chi connectivity index (χ2v) is 7.35. The van der Waals surface area contributed by atoms with Gasteiger partial charge in [-0.25, -0.2) is 4.98 Å². The molecular weight excluding hydrogens is 288 g/mol. The molecule has 0 spiro atoms. The number of rotatable bonds is 5. The summed E-state index contributed by atoms with van der Waals surface area (Å²) in [4.78, 5) is 28.7. The first-order valence-corrected chi connectivity index (χ1v) is 7.72. The lowest BCUT2D eigenvalue weighted by Gasteiger charge is -2.15. The number of hydrogen-bond acceptors (Lipinski definition) is 5. The summed E-state index contributed by atoms with van der Waals surface area (Å²) >= 11 is 1.43. The maximum absolute atomic E-state index is 11.8. The van der Waals surface area contributed by atoms with Crippen molar-refractivity contribution in [2.75, 3.05) is 11.9 Å². The van der Waals surface area contributed by atoms with E-state index in [-0.39, 0.29) is 29.7 Å². The van der Waals surface area contributed by atoms with Crippen LogP contribution in [0.3, 0.4) is 0 Å². The number of nitrogens with one attached hydrogen (secondary N) is 2. The summed E-state index contributed by atoms with van der Waals surface area (Å²) < 4.78 is 0. The van der Waals surface area contributed by atoms with Crippen LogP contribution in [0, 0.1) is 5.92 Å². The molecule has 21 heavy (non-hydrogen) atoms. The van der Waals surface area contributed by atoms with Crippen LogP contribution < -0.4 is 16.4 Å². The van der Waals surface area contributed by atoms with E-state index in [0.717, 1.165) is 4.88 Å². The highest BCUT2D eigenvalue weighted by molar-refractivity contribution is 7.15. The van der Waals surface area contributed by atoms with Crippen LogP contribution in [0.5, 0.6) is 0 Å². The second kappa shape index (κ2) is 7.00. The molecule has 6 nitrogen and oxygen atoms in total. The molecule has 2 amide bonds. The van der Waals surface area contributed by atoms with Gasteiger partial charge in [0.25, 0.3) is 0 Å². The van der Waals surface area contributed by atoms with E-state index >= 15 is 0 Å². The van der Waals surface area contributed by atoms with E-state index in [1.807, 2.05) is 13.8 Å². The lowest BCUT2D eigenvalue weighted by Crippen LogP contribution is -2.46. The number of anilines is 1. The SMILES string of the molecule is CC(C)[C@H](N)C(=O)NCC(=O)Nc1ncc(C(C)(C)C)s1.